The van der Waals surface area contributed by atoms with Gasteiger partial charge in [-0.05, 0) is 13.0 Å². The summed E-state index contributed by atoms with van der Waals surface area (Å²) in [5, 5.41) is 3.77. The molecule has 0 aliphatic heterocycles. The molecule has 7 heteroatoms. The minimum atomic E-state index is -0.550. The number of carbonyl (C=O) groups excluding carboxylic acids is 1. The summed E-state index contributed by atoms with van der Waals surface area (Å²) in [6, 6.07) is 3.58. The predicted molar refractivity (Wildman–Crippen MR) is 67.0 cm³/mol. The Labute approximate surface area is 109 Å². The van der Waals surface area contributed by atoms with Crippen molar-refractivity contribution in [3.8, 4) is 5.95 Å². The first kappa shape index (κ1) is 12.7. The van der Waals surface area contributed by atoms with Crippen molar-refractivity contribution in [2.75, 3.05) is 6.61 Å². The van der Waals surface area contributed by atoms with Gasteiger partial charge < -0.3 is 9.15 Å². The van der Waals surface area contributed by atoms with E-state index in [1.165, 1.54) is 12.4 Å². The van der Waals surface area contributed by atoms with Crippen molar-refractivity contribution in [1.82, 2.24) is 15.4 Å². The van der Waals surface area contributed by atoms with Gasteiger partial charge in [-0.15, -0.1) is 0 Å². The SMILES string of the molecule is CCOc1cnc(C(=O)NN=Cc2cccnc2)o1. The maximum absolute atomic E-state index is 11.6. The van der Waals surface area contributed by atoms with Crippen molar-refractivity contribution in [2.24, 2.45) is 5.10 Å². The van der Waals surface area contributed by atoms with Gasteiger partial charge in [-0.2, -0.15) is 5.10 Å². The maximum atomic E-state index is 11.6. The first-order valence-electron chi connectivity index (χ1n) is 5.61. The lowest BCUT2D eigenvalue weighted by Gasteiger charge is -1.95. The number of nitrogens with one attached hydrogen (secondary N) is 1. The third-order valence-corrected chi connectivity index (χ3v) is 2.03. The second-order valence-corrected chi connectivity index (χ2v) is 3.40. The zero-order valence-electron chi connectivity index (χ0n) is 10.2. The molecular weight excluding hydrogens is 248 g/mol. The minimum Gasteiger partial charge on any atom is -0.464 e. The van der Waals surface area contributed by atoms with E-state index in [0.29, 0.717) is 6.61 Å². The van der Waals surface area contributed by atoms with Crippen LogP contribution in [0.15, 0.2) is 40.2 Å². The fourth-order valence-electron chi connectivity index (χ4n) is 1.24. The molecule has 0 fully saturated rings. The summed E-state index contributed by atoms with van der Waals surface area (Å²) in [4.78, 5) is 19.3. The van der Waals surface area contributed by atoms with Gasteiger partial charge >= 0.3 is 11.9 Å². The Balaban J connectivity index is 1.92. The molecule has 0 atom stereocenters. The normalized spacial score (nSPS) is 10.6. The van der Waals surface area contributed by atoms with E-state index in [1.807, 2.05) is 0 Å². The zero-order chi connectivity index (χ0) is 13.5. The van der Waals surface area contributed by atoms with Crippen molar-refractivity contribution in [3.05, 3.63) is 42.2 Å². The standard InChI is InChI=1S/C12H12N4O3/c1-2-18-10-8-14-12(19-10)11(17)16-15-7-9-4-3-5-13-6-9/h3-8H,2H2,1H3,(H,16,17). The molecule has 98 valence electrons. The van der Waals surface area contributed by atoms with Crippen LogP contribution in [0.2, 0.25) is 0 Å². The molecular formula is C12H12N4O3. The summed E-state index contributed by atoms with van der Waals surface area (Å²) in [6.07, 6.45) is 6.08. The van der Waals surface area contributed by atoms with E-state index in [-0.39, 0.29) is 11.8 Å². The van der Waals surface area contributed by atoms with E-state index in [4.69, 9.17) is 9.15 Å². The zero-order valence-corrected chi connectivity index (χ0v) is 10.2. The number of amides is 1. The maximum Gasteiger partial charge on any atom is 0.327 e. The number of hydrogen-bond acceptors (Lipinski definition) is 6. The Kier molecular flexibility index (Phi) is 4.22. The van der Waals surface area contributed by atoms with E-state index < -0.39 is 5.91 Å². The van der Waals surface area contributed by atoms with E-state index in [1.54, 1.807) is 31.5 Å². The molecule has 2 aromatic heterocycles. The summed E-state index contributed by atoms with van der Waals surface area (Å²) < 4.78 is 10.1. The van der Waals surface area contributed by atoms with Gasteiger partial charge in [0.25, 0.3) is 5.89 Å². The third-order valence-electron chi connectivity index (χ3n) is 2.03. The largest absolute Gasteiger partial charge is 0.464 e. The summed E-state index contributed by atoms with van der Waals surface area (Å²) in [6.45, 7) is 2.25. The van der Waals surface area contributed by atoms with Crippen LogP contribution in [0.25, 0.3) is 0 Å². The van der Waals surface area contributed by atoms with E-state index in [9.17, 15) is 4.79 Å². The van der Waals surface area contributed by atoms with Gasteiger partial charge in [-0.25, -0.2) is 10.4 Å². The smallest absolute Gasteiger partial charge is 0.327 e. The number of carbonyl (C=O) groups is 1. The molecule has 0 saturated carbocycles. The highest BCUT2D eigenvalue weighted by molar-refractivity contribution is 5.90. The van der Waals surface area contributed by atoms with Crippen LogP contribution in [0, 0.1) is 0 Å². The summed E-state index contributed by atoms with van der Waals surface area (Å²) in [5.74, 6) is -0.457. The Morgan fingerprint density at radius 1 is 1.58 bits per heavy atom. The van der Waals surface area contributed by atoms with Crippen LogP contribution in [0.5, 0.6) is 5.95 Å². The molecule has 0 aliphatic carbocycles. The van der Waals surface area contributed by atoms with Crippen LogP contribution in [0.3, 0.4) is 0 Å². The number of rotatable bonds is 5. The monoisotopic (exact) mass is 260 g/mol. The van der Waals surface area contributed by atoms with Gasteiger partial charge in [-0.1, -0.05) is 6.07 Å². The average Bonchev–Trinajstić information content (AvgIpc) is 2.89. The highest BCUT2D eigenvalue weighted by Gasteiger charge is 2.12. The molecule has 2 aromatic rings. The molecule has 1 N–H and O–H groups in total. The van der Waals surface area contributed by atoms with Gasteiger partial charge in [0.1, 0.15) is 6.20 Å². The lowest BCUT2D eigenvalue weighted by molar-refractivity contribution is 0.0912. The van der Waals surface area contributed by atoms with Crippen molar-refractivity contribution in [3.63, 3.8) is 0 Å². The van der Waals surface area contributed by atoms with Gasteiger partial charge in [0.15, 0.2) is 0 Å². The quantitative estimate of drug-likeness (QED) is 0.645. The molecule has 0 unspecified atom stereocenters. The Bertz CT molecular complexity index is 565. The Morgan fingerprint density at radius 3 is 3.21 bits per heavy atom. The van der Waals surface area contributed by atoms with Gasteiger partial charge in [0.2, 0.25) is 0 Å². The highest BCUT2D eigenvalue weighted by atomic mass is 16.6. The fraction of sp³-hybridized carbons (Fsp3) is 0.167. The highest BCUT2D eigenvalue weighted by Crippen LogP contribution is 2.11. The topological polar surface area (TPSA) is 89.6 Å². The number of nitrogens with zero attached hydrogens (tertiary/aromatic N) is 3. The summed E-state index contributed by atoms with van der Waals surface area (Å²) >= 11 is 0. The summed E-state index contributed by atoms with van der Waals surface area (Å²) in [7, 11) is 0. The molecule has 0 spiro atoms. The van der Waals surface area contributed by atoms with Crippen molar-refractivity contribution in [2.45, 2.75) is 6.92 Å². The minimum absolute atomic E-state index is 0.105. The molecule has 0 saturated heterocycles. The number of oxazole rings is 1. The first-order valence-corrected chi connectivity index (χ1v) is 5.61. The molecule has 2 rings (SSSR count). The molecule has 2 heterocycles. The van der Waals surface area contributed by atoms with Crippen LogP contribution in [0.4, 0.5) is 0 Å². The van der Waals surface area contributed by atoms with Crippen molar-refractivity contribution in [1.29, 1.82) is 0 Å². The van der Waals surface area contributed by atoms with Gasteiger partial charge in [-0.3, -0.25) is 9.78 Å². The second kappa shape index (κ2) is 6.29. The second-order valence-electron chi connectivity index (χ2n) is 3.40. The van der Waals surface area contributed by atoms with E-state index >= 15 is 0 Å². The average molecular weight is 260 g/mol. The van der Waals surface area contributed by atoms with Crippen molar-refractivity contribution < 1.29 is 13.9 Å². The first-order chi connectivity index (χ1) is 9.29. The van der Waals surface area contributed by atoms with Gasteiger partial charge in [0.05, 0.1) is 12.8 Å². The molecule has 0 bridgehead atoms. The van der Waals surface area contributed by atoms with Crippen LogP contribution in [-0.2, 0) is 0 Å². The lowest BCUT2D eigenvalue weighted by atomic mass is 10.3. The number of ether oxygens (including phenoxy) is 1. The third kappa shape index (κ3) is 3.63. The van der Waals surface area contributed by atoms with E-state index in [2.05, 4.69) is 20.5 Å². The van der Waals surface area contributed by atoms with Crippen LogP contribution < -0.4 is 10.2 Å². The van der Waals surface area contributed by atoms with Crippen LogP contribution in [0.1, 0.15) is 23.2 Å². The molecule has 1 amide bonds. The number of aromatic nitrogens is 2. The van der Waals surface area contributed by atoms with Gasteiger partial charge in [0, 0.05) is 18.0 Å². The summed E-state index contributed by atoms with van der Waals surface area (Å²) in [5.41, 5.74) is 3.06. The molecule has 0 aromatic carbocycles. The number of hydrogen-bond donors (Lipinski definition) is 1. The fourth-order valence-corrected chi connectivity index (χ4v) is 1.24. The number of pyridine rings is 1. The molecule has 7 nitrogen and oxygen atoms in total. The number of hydrazone groups is 1. The van der Waals surface area contributed by atoms with Crippen LogP contribution >= 0.6 is 0 Å². The van der Waals surface area contributed by atoms with Crippen molar-refractivity contribution >= 4 is 12.1 Å². The molecule has 0 radical (unpaired) electrons. The van der Waals surface area contributed by atoms with E-state index in [0.717, 1.165) is 5.56 Å². The Hall–Kier alpha value is -2.70. The predicted octanol–water partition coefficient (Wildman–Crippen LogP) is 1.23. The lowest BCUT2D eigenvalue weighted by Crippen LogP contribution is -2.17. The molecule has 0 aliphatic rings. The Morgan fingerprint density at radius 2 is 2.47 bits per heavy atom. The van der Waals surface area contributed by atoms with Crippen LogP contribution in [-0.4, -0.2) is 28.7 Å². The molecule has 19 heavy (non-hydrogen) atoms.